The van der Waals surface area contributed by atoms with Crippen LogP contribution in [0.4, 0.5) is 5.69 Å². The summed E-state index contributed by atoms with van der Waals surface area (Å²) in [6.07, 6.45) is -0.427. The number of anilines is 1. The molecule has 0 radical (unpaired) electrons. The molecule has 2 aliphatic rings. The van der Waals surface area contributed by atoms with Gasteiger partial charge in [-0.15, -0.1) is 0 Å². The summed E-state index contributed by atoms with van der Waals surface area (Å²) >= 11 is 0. The van der Waals surface area contributed by atoms with Gasteiger partial charge >= 0.3 is 5.97 Å². The van der Waals surface area contributed by atoms with Gasteiger partial charge < -0.3 is 19.5 Å². The predicted molar refractivity (Wildman–Crippen MR) is 90.1 cm³/mol. The molecule has 1 aromatic rings. The molecule has 2 aliphatic heterocycles. The first-order valence-corrected chi connectivity index (χ1v) is 9.54. The number of hydrogen-bond acceptors (Lipinski definition) is 7. The number of benzene rings is 1. The SMILES string of the molecule is COC(=O)[C@@H]1C[C@H](O)CCN1S(=O)(=O)c1ccc2c(c1)OCCN2C. The van der Waals surface area contributed by atoms with E-state index in [4.69, 9.17) is 9.47 Å². The van der Waals surface area contributed by atoms with Crippen LogP contribution in [0.3, 0.4) is 0 Å². The molecule has 1 saturated heterocycles. The summed E-state index contributed by atoms with van der Waals surface area (Å²) in [7, 11) is -0.801. The average molecular weight is 370 g/mol. The molecular weight excluding hydrogens is 348 g/mol. The van der Waals surface area contributed by atoms with Gasteiger partial charge in [-0.1, -0.05) is 0 Å². The summed E-state index contributed by atoms with van der Waals surface area (Å²) in [5.74, 6) is -0.169. The monoisotopic (exact) mass is 370 g/mol. The van der Waals surface area contributed by atoms with Crippen LogP contribution in [0.15, 0.2) is 23.1 Å². The zero-order valence-corrected chi connectivity index (χ0v) is 15.0. The second-order valence-corrected chi connectivity index (χ2v) is 8.12. The zero-order chi connectivity index (χ0) is 18.2. The summed E-state index contributed by atoms with van der Waals surface area (Å²) < 4.78 is 37.5. The number of hydrogen-bond donors (Lipinski definition) is 1. The Balaban J connectivity index is 1.96. The number of aliphatic hydroxyl groups is 1. The summed E-state index contributed by atoms with van der Waals surface area (Å²) in [4.78, 5) is 14.1. The van der Waals surface area contributed by atoms with Crippen molar-refractivity contribution in [2.75, 3.05) is 38.8 Å². The van der Waals surface area contributed by atoms with Crippen LogP contribution in [-0.4, -0.2) is 69.8 Å². The highest BCUT2D eigenvalue weighted by Crippen LogP contribution is 2.35. The van der Waals surface area contributed by atoms with Crippen molar-refractivity contribution in [2.45, 2.75) is 29.9 Å². The lowest BCUT2D eigenvalue weighted by Crippen LogP contribution is -2.51. The summed E-state index contributed by atoms with van der Waals surface area (Å²) in [6.45, 7) is 1.27. The highest BCUT2D eigenvalue weighted by atomic mass is 32.2. The molecule has 1 N–H and O–H groups in total. The van der Waals surface area contributed by atoms with Crippen LogP contribution >= 0.6 is 0 Å². The first-order chi connectivity index (χ1) is 11.8. The van der Waals surface area contributed by atoms with Gasteiger partial charge in [0, 0.05) is 26.1 Å². The number of ether oxygens (including phenoxy) is 2. The minimum Gasteiger partial charge on any atom is -0.490 e. The van der Waals surface area contributed by atoms with E-state index >= 15 is 0 Å². The van der Waals surface area contributed by atoms with Crippen LogP contribution in [0, 0.1) is 0 Å². The lowest BCUT2D eigenvalue weighted by atomic mass is 10.0. The van der Waals surface area contributed by atoms with E-state index in [1.807, 2.05) is 11.9 Å². The van der Waals surface area contributed by atoms with Crippen molar-refractivity contribution in [3.8, 4) is 5.75 Å². The fourth-order valence-electron chi connectivity index (χ4n) is 3.20. The van der Waals surface area contributed by atoms with Crippen LogP contribution in [0.5, 0.6) is 5.75 Å². The van der Waals surface area contributed by atoms with Crippen LogP contribution in [0.1, 0.15) is 12.8 Å². The van der Waals surface area contributed by atoms with Crippen LogP contribution in [0.25, 0.3) is 0 Å². The second kappa shape index (κ2) is 6.81. The number of carbonyl (C=O) groups excluding carboxylic acids is 1. The third-order valence-corrected chi connectivity index (χ3v) is 6.54. The van der Waals surface area contributed by atoms with E-state index in [2.05, 4.69) is 0 Å². The quantitative estimate of drug-likeness (QED) is 0.760. The smallest absolute Gasteiger partial charge is 0.324 e. The number of esters is 1. The van der Waals surface area contributed by atoms with Gasteiger partial charge in [0.15, 0.2) is 0 Å². The van der Waals surface area contributed by atoms with E-state index < -0.39 is 28.1 Å². The Morgan fingerprint density at radius 1 is 1.36 bits per heavy atom. The molecule has 0 amide bonds. The molecule has 8 nitrogen and oxygen atoms in total. The van der Waals surface area contributed by atoms with E-state index in [-0.39, 0.29) is 24.3 Å². The number of likely N-dealkylation sites (N-methyl/N-ethyl adjacent to an activating group) is 1. The molecule has 1 aromatic carbocycles. The largest absolute Gasteiger partial charge is 0.490 e. The molecule has 0 bridgehead atoms. The maximum absolute atomic E-state index is 13.1. The number of rotatable bonds is 3. The maximum Gasteiger partial charge on any atom is 0.324 e. The molecule has 0 aliphatic carbocycles. The van der Waals surface area contributed by atoms with Crippen LogP contribution in [-0.2, 0) is 19.6 Å². The maximum atomic E-state index is 13.1. The van der Waals surface area contributed by atoms with Crippen molar-refractivity contribution in [1.29, 1.82) is 0 Å². The van der Waals surface area contributed by atoms with Gasteiger partial charge in [0.2, 0.25) is 10.0 Å². The van der Waals surface area contributed by atoms with E-state index in [0.29, 0.717) is 12.4 Å². The van der Waals surface area contributed by atoms with Crippen LogP contribution in [0.2, 0.25) is 0 Å². The van der Waals surface area contributed by atoms with Crippen molar-refractivity contribution < 1.29 is 27.8 Å². The standard InChI is InChI=1S/C16H22N2O6S/c1-17-7-8-24-15-10-12(3-4-13(15)17)25(21,22)18-6-5-11(19)9-14(18)16(20)23-2/h3-4,10-11,14,19H,5-9H2,1-2H3/t11-,14+/m1/s1. The Labute approximate surface area is 147 Å². The number of carbonyl (C=O) groups is 1. The summed E-state index contributed by atoms with van der Waals surface area (Å²) in [6, 6.07) is 3.67. The van der Waals surface area contributed by atoms with E-state index in [1.165, 1.54) is 19.2 Å². The minimum atomic E-state index is -3.92. The lowest BCUT2D eigenvalue weighted by molar-refractivity contribution is -0.147. The highest BCUT2D eigenvalue weighted by molar-refractivity contribution is 7.89. The van der Waals surface area contributed by atoms with E-state index in [9.17, 15) is 18.3 Å². The van der Waals surface area contributed by atoms with Gasteiger partial charge in [0.25, 0.3) is 0 Å². The lowest BCUT2D eigenvalue weighted by Gasteiger charge is -2.35. The molecule has 0 unspecified atom stereocenters. The number of nitrogens with zero attached hydrogens (tertiary/aromatic N) is 2. The molecule has 9 heteroatoms. The van der Waals surface area contributed by atoms with Crippen molar-refractivity contribution in [3.05, 3.63) is 18.2 Å². The fraction of sp³-hybridized carbons (Fsp3) is 0.562. The summed E-state index contributed by atoms with van der Waals surface area (Å²) in [5, 5.41) is 9.81. The van der Waals surface area contributed by atoms with Gasteiger partial charge in [0.1, 0.15) is 18.4 Å². The molecule has 2 atom stereocenters. The van der Waals surface area contributed by atoms with Crippen molar-refractivity contribution >= 4 is 21.7 Å². The predicted octanol–water partition coefficient (Wildman–Crippen LogP) is 0.202. The fourth-order valence-corrected chi connectivity index (χ4v) is 4.82. The number of methoxy groups -OCH3 is 1. The molecule has 1 fully saturated rings. The minimum absolute atomic E-state index is 0.0239. The Bertz CT molecular complexity index is 766. The van der Waals surface area contributed by atoms with Gasteiger partial charge in [-0.05, 0) is 18.6 Å². The molecule has 0 aromatic heterocycles. The highest BCUT2D eigenvalue weighted by Gasteiger charge is 2.41. The summed E-state index contributed by atoms with van der Waals surface area (Å²) in [5.41, 5.74) is 0.823. The topological polar surface area (TPSA) is 96.4 Å². The second-order valence-electron chi connectivity index (χ2n) is 6.23. The van der Waals surface area contributed by atoms with Gasteiger partial charge in [-0.3, -0.25) is 4.79 Å². The molecule has 2 heterocycles. The normalized spacial score (nSPS) is 24.4. The Hall–Kier alpha value is -1.84. The van der Waals surface area contributed by atoms with Gasteiger partial charge in [0.05, 0.1) is 30.3 Å². The third-order valence-electron chi connectivity index (χ3n) is 4.63. The number of aliphatic hydroxyl groups excluding tert-OH is 1. The first kappa shape index (κ1) is 18.0. The van der Waals surface area contributed by atoms with Crippen molar-refractivity contribution in [3.63, 3.8) is 0 Å². The number of sulfonamides is 1. The number of piperidine rings is 1. The zero-order valence-electron chi connectivity index (χ0n) is 14.2. The van der Waals surface area contributed by atoms with E-state index in [1.54, 1.807) is 6.07 Å². The van der Waals surface area contributed by atoms with Crippen molar-refractivity contribution in [2.24, 2.45) is 0 Å². The molecular formula is C16H22N2O6S. The van der Waals surface area contributed by atoms with Crippen LogP contribution < -0.4 is 9.64 Å². The Morgan fingerprint density at radius 3 is 2.84 bits per heavy atom. The van der Waals surface area contributed by atoms with Gasteiger partial charge in [-0.25, -0.2) is 8.42 Å². The van der Waals surface area contributed by atoms with Crippen molar-refractivity contribution in [1.82, 2.24) is 4.31 Å². The molecule has 138 valence electrons. The van der Waals surface area contributed by atoms with E-state index in [0.717, 1.165) is 16.5 Å². The average Bonchev–Trinajstić information content (AvgIpc) is 2.60. The third kappa shape index (κ3) is 3.31. The first-order valence-electron chi connectivity index (χ1n) is 8.10. The molecule has 25 heavy (non-hydrogen) atoms. The molecule has 0 spiro atoms. The molecule has 3 rings (SSSR count). The Kier molecular flexibility index (Phi) is 4.90. The Morgan fingerprint density at radius 2 is 2.12 bits per heavy atom. The number of fused-ring (bicyclic) bond motifs is 1. The molecule has 0 saturated carbocycles. The van der Waals surface area contributed by atoms with Gasteiger partial charge in [-0.2, -0.15) is 4.31 Å².